The average Bonchev–Trinajstić information content (AvgIpc) is 2.72. The second-order valence-corrected chi connectivity index (χ2v) is 9.86. The molecule has 3 aromatic rings. The minimum Gasteiger partial charge on any atom is -0.495 e. The fourth-order valence-electron chi connectivity index (χ4n) is 2.78. The van der Waals surface area contributed by atoms with E-state index in [0.717, 1.165) is 15.7 Å². The summed E-state index contributed by atoms with van der Waals surface area (Å²) in [6.45, 7) is 4.07. The molecule has 0 heterocycles. The third kappa shape index (κ3) is 5.96. The molecule has 0 unspecified atom stereocenters. The molecule has 3 rings (SSSR count). The van der Waals surface area contributed by atoms with Crippen LogP contribution in [0.15, 0.2) is 70.0 Å². The SMILES string of the molecule is COc1cc(S(=O)(=O)Nc2ccc(Br)cc2)ccc1NC(=S)Nc1ccc(C)c(C)c1. The Kier molecular flexibility index (Phi) is 7.19. The first-order valence-corrected chi connectivity index (χ1v) is 12.0. The fourth-order valence-corrected chi connectivity index (χ4v) is 4.34. The highest BCUT2D eigenvalue weighted by Gasteiger charge is 2.17. The maximum Gasteiger partial charge on any atom is 0.262 e. The van der Waals surface area contributed by atoms with Crippen molar-refractivity contribution in [1.29, 1.82) is 0 Å². The van der Waals surface area contributed by atoms with Gasteiger partial charge < -0.3 is 15.4 Å². The quantitative estimate of drug-likeness (QED) is 0.363. The number of hydrogen-bond donors (Lipinski definition) is 3. The van der Waals surface area contributed by atoms with E-state index >= 15 is 0 Å². The van der Waals surface area contributed by atoms with Gasteiger partial charge in [-0.05, 0) is 85.7 Å². The number of anilines is 3. The number of ether oxygens (including phenoxy) is 1. The van der Waals surface area contributed by atoms with E-state index in [0.29, 0.717) is 22.2 Å². The van der Waals surface area contributed by atoms with Crippen molar-refractivity contribution in [3.05, 3.63) is 76.3 Å². The van der Waals surface area contributed by atoms with Crippen molar-refractivity contribution < 1.29 is 13.2 Å². The van der Waals surface area contributed by atoms with Gasteiger partial charge in [-0.25, -0.2) is 8.42 Å². The molecule has 0 aliphatic carbocycles. The van der Waals surface area contributed by atoms with Gasteiger partial charge in [-0.3, -0.25) is 4.72 Å². The Bertz CT molecular complexity index is 1210. The topological polar surface area (TPSA) is 79.5 Å². The minimum absolute atomic E-state index is 0.0749. The molecular weight excluding hydrogens is 498 g/mol. The second-order valence-electron chi connectivity index (χ2n) is 6.85. The van der Waals surface area contributed by atoms with Gasteiger partial charge in [0.2, 0.25) is 0 Å². The summed E-state index contributed by atoms with van der Waals surface area (Å²) in [4.78, 5) is 0.0749. The maximum atomic E-state index is 12.8. The lowest BCUT2D eigenvalue weighted by Gasteiger charge is -2.15. The highest BCUT2D eigenvalue weighted by molar-refractivity contribution is 9.10. The van der Waals surface area contributed by atoms with E-state index in [1.165, 1.54) is 24.8 Å². The first-order chi connectivity index (χ1) is 14.7. The van der Waals surface area contributed by atoms with Crippen molar-refractivity contribution in [1.82, 2.24) is 0 Å². The molecule has 0 atom stereocenters. The average molecular weight is 520 g/mol. The molecule has 0 saturated carbocycles. The van der Waals surface area contributed by atoms with Crippen molar-refractivity contribution in [2.75, 3.05) is 22.5 Å². The Morgan fingerprint density at radius 1 is 0.903 bits per heavy atom. The number of hydrogen-bond acceptors (Lipinski definition) is 4. The molecule has 0 bridgehead atoms. The normalized spacial score (nSPS) is 11.0. The van der Waals surface area contributed by atoms with E-state index in [9.17, 15) is 8.42 Å². The lowest BCUT2D eigenvalue weighted by atomic mass is 10.1. The van der Waals surface area contributed by atoms with Gasteiger partial charge in [0.1, 0.15) is 5.75 Å². The number of rotatable bonds is 6. The van der Waals surface area contributed by atoms with Crippen molar-refractivity contribution in [3.8, 4) is 5.75 Å². The maximum absolute atomic E-state index is 12.8. The van der Waals surface area contributed by atoms with Crippen LogP contribution >= 0.6 is 28.1 Å². The molecule has 31 heavy (non-hydrogen) atoms. The molecule has 0 fully saturated rings. The van der Waals surface area contributed by atoms with Gasteiger partial charge in [-0.15, -0.1) is 0 Å². The first kappa shape index (κ1) is 23.1. The summed E-state index contributed by atoms with van der Waals surface area (Å²) in [5.41, 5.74) is 4.21. The number of aryl methyl sites for hydroxylation is 2. The summed E-state index contributed by atoms with van der Waals surface area (Å²) in [7, 11) is -2.31. The standard InChI is InChI=1S/C22H22BrN3O3S2/c1-14-4-7-18(12-15(14)2)24-22(30)25-20-11-10-19(13-21(20)29-3)31(27,28)26-17-8-5-16(23)6-9-17/h4-13,26H,1-3H3,(H2,24,25,30). The van der Waals surface area contributed by atoms with E-state index in [4.69, 9.17) is 17.0 Å². The van der Waals surface area contributed by atoms with E-state index in [-0.39, 0.29) is 4.90 Å². The molecule has 3 aromatic carbocycles. The van der Waals surface area contributed by atoms with Crippen LogP contribution in [0.1, 0.15) is 11.1 Å². The van der Waals surface area contributed by atoms with Crippen LogP contribution in [0.5, 0.6) is 5.75 Å². The molecule has 9 heteroatoms. The molecular formula is C22H22BrN3O3S2. The van der Waals surface area contributed by atoms with Gasteiger partial charge in [0.25, 0.3) is 10.0 Å². The Hall–Kier alpha value is -2.62. The number of halogens is 1. The molecule has 0 aromatic heterocycles. The van der Waals surface area contributed by atoms with Crippen LogP contribution in [0.4, 0.5) is 17.1 Å². The zero-order valence-electron chi connectivity index (χ0n) is 17.2. The van der Waals surface area contributed by atoms with Crippen LogP contribution in [-0.2, 0) is 10.0 Å². The molecule has 0 radical (unpaired) electrons. The predicted octanol–water partition coefficient (Wildman–Crippen LogP) is 5.68. The van der Waals surface area contributed by atoms with Crippen LogP contribution in [-0.4, -0.2) is 20.6 Å². The third-order valence-corrected chi connectivity index (χ3v) is 6.70. The predicted molar refractivity (Wildman–Crippen MR) is 134 cm³/mol. The van der Waals surface area contributed by atoms with Gasteiger partial charge in [0, 0.05) is 21.9 Å². The third-order valence-electron chi connectivity index (χ3n) is 4.59. The molecule has 0 saturated heterocycles. The Labute approximate surface area is 196 Å². The number of sulfonamides is 1. The minimum atomic E-state index is -3.78. The summed E-state index contributed by atoms with van der Waals surface area (Å²) >= 11 is 8.72. The second kappa shape index (κ2) is 9.67. The molecule has 0 spiro atoms. The largest absolute Gasteiger partial charge is 0.495 e. The van der Waals surface area contributed by atoms with Gasteiger partial charge in [-0.1, -0.05) is 22.0 Å². The summed E-state index contributed by atoms with van der Waals surface area (Å²) in [6, 6.07) is 17.4. The summed E-state index contributed by atoms with van der Waals surface area (Å²) in [6.07, 6.45) is 0. The van der Waals surface area contributed by atoms with Crippen molar-refractivity contribution in [2.24, 2.45) is 0 Å². The molecule has 0 aliphatic rings. The highest BCUT2D eigenvalue weighted by Crippen LogP contribution is 2.29. The molecule has 0 aliphatic heterocycles. The van der Waals surface area contributed by atoms with E-state index in [1.54, 1.807) is 30.3 Å². The van der Waals surface area contributed by atoms with E-state index in [2.05, 4.69) is 31.3 Å². The summed E-state index contributed by atoms with van der Waals surface area (Å²) < 4.78 is 34.3. The van der Waals surface area contributed by atoms with Crippen LogP contribution in [0, 0.1) is 13.8 Å². The number of nitrogens with one attached hydrogen (secondary N) is 3. The molecule has 0 amide bonds. The van der Waals surface area contributed by atoms with Gasteiger partial charge >= 0.3 is 0 Å². The molecule has 6 nitrogen and oxygen atoms in total. The van der Waals surface area contributed by atoms with E-state index in [1.807, 2.05) is 32.0 Å². The lowest BCUT2D eigenvalue weighted by molar-refractivity contribution is 0.415. The zero-order chi connectivity index (χ0) is 22.6. The van der Waals surface area contributed by atoms with Crippen molar-refractivity contribution in [3.63, 3.8) is 0 Å². The lowest BCUT2D eigenvalue weighted by Crippen LogP contribution is -2.20. The van der Waals surface area contributed by atoms with Gasteiger partial charge in [0.05, 0.1) is 17.7 Å². The Morgan fingerprint density at radius 3 is 2.23 bits per heavy atom. The fraction of sp³-hybridized carbons (Fsp3) is 0.136. The first-order valence-electron chi connectivity index (χ1n) is 9.29. The number of benzene rings is 3. The smallest absolute Gasteiger partial charge is 0.262 e. The molecule has 162 valence electrons. The van der Waals surface area contributed by atoms with Crippen LogP contribution in [0.2, 0.25) is 0 Å². The van der Waals surface area contributed by atoms with Crippen molar-refractivity contribution in [2.45, 2.75) is 18.7 Å². The Morgan fingerprint density at radius 2 is 1.58 bits per heavy atom. The Balaban J connectivity index is 1.76. The van der Waals surface area contributed by atoms with Crippen LogP contribution in [0.25, 0.3) is 0 Å². The summed E-state index contributed by atoms with van der Waals surface area (Å²) in [5, 5.41) is 6.54. The summed E-state index contributed by atoms with van der Waals surface area (Å²) in [5.74, 6) is 0.350. The van der Waals surface area contributed by atoms with Crippen LogP contribution in [0.3, 0.4) is 0 Å². The van der Waals surface area contributed by atoms with Crippen molar-refractivity contribution >= 4 is 60.3 Å². The molecule has 3 N–H and O–H groups in total. The van der Waals surface area contributed by atoms with E-state index < -0.39 is 10.0 Å². The van der Waals surface area contributed by atoms with Crippen LogP contribution < -0.4 is 20.1 Å². The monoisotopic (exact) mass is 519 g/mol. The highest BCUT2D eigenvalue weighted by atomic mass is 79.9. The van der Waals surface area contributed by atoms with Gasteiger partial charge in [0.15, 0.2) is 5.11 Å². The zero-order valence-corrected chi connectivity index (χ0v) is 20.4. The number of thiocarbonyl (C=S) groups is 1. The number of methoxy groups -OCH3 is 1. The van der Waals surface area contributed by atoms with Gasteiger partial charge in [-0.2, -0.15) is 0 Å².